The van der Waals surface area contributed by atoms with Crippen molar-refractivity contribution in [3.63, 3.8) is 0 Å². The average molecular weight is 154 g/mol. The maximum atomic E-state index is 11.0. The summed E-state index contributed by atoms with van der Waals surface area (Å²) in [6.45, 7) is 4.04. The molecule has 0 aromatic rings. The molecule has 1 atom stereocenters. The number of hydrogen-bond donors (Lipinski definition) is 1. The fourth-order valence-electron chi connectivity index (χ4n) is 0.717. The lowest BCUT2D eigenvalue weighted by Crippen LogP contribution is -2.36. The quantitative estimate of drug-likeness (QED) is 0.561. The van der Waals surface area contributed by atoms with Crippen molar-refractivity contribution in [3.05, 3.63) is 0 Å². The van der Waals surface area contributed by atoms with Crippen LogP contribution in [0.25, 0.3) is 0 Å². The molecular formula is C8H14N2O. The molecule has 2 N–H and O–H groups in total. The molecule has 0 spiro atoms. The molecule has 0 aliphatic heterocycles. The van der Waals surface area contributed by atoms with Gasteiger partial charge in [0, 0.05) is 19.6 Å². The summed E-state index contributed by atoms with van der Waals surface area (Å²) in [5, 5.41) is 0. The molecule has 0 aromatic carbocycles. The van der Waals surface area contributed by atoms with Gasteiger partial charge in [0.05, 0.1) is 0 Å². The zero-order valence-electron chi connectivity index (χ0n) is 7.22. The van der Waals surface area contributed by atoms with Crippen LogP contribution in [0.5, 0.6) is 0 Å². The van der Waals surface area contributed by atoms with E-state index in [2.05, 4.69) is 11.8 Å². The molecule has 0 heterocycles. The van der Waals surface area contributed by atoms with E-state index in [1.165, 1.54) is 4.90 Å². The molecule has 0 fully saturated rings. The molecule has 0 aliphatic rings. The minimum Gasteiger partial charge on any atom is -0.333 e. The van der Waals surface area contributed by atoms with Crippen LogP contribution in [-0.2, 0) is 4.79 Å². The average Bonchev–Trinajstić information content (AvgIpc) is 1.86. The SMILES string of the molecule is CC#CC(=O)N(C)CC(C)N. The third-order valence-corrected chi connectivity index (χ3v) is 1.14. The lowest BCUT2D eigenvalue weighted by Gasteiger charge is -2.15. The minimum absolute atomic E-state index is 0.00241. The summed E-state index contributed by atoms with van der Waals surface area (Å²) >= 11 is 0. The third kappa shape index (κ3) is 4.40. The second-order valence-electron chi connectivity index (χ2n) is 2.54. The molecule has 3 heteroatoms. The first-order valence-electron chi connectivity index (χ1n) is 3.51. The first kappa shape index (κ1) is 9.99. The number of carbonyl (C=O) groups is 1. The molecule has 0 radical (unpaired) electrons. The molecule has 62 valence electrons. The van der Waals surface area contributed by atoms with Crippen molar-refractivity contribution in [2.24, 2.45) is 5.73 Å². The van der Waals surface area contributed by atoms with Crippen LogP contribution >= 0.6 is 0 Å². The largest absolute Gasteiger partial charge is 0.333 e. The van der Waals surface area contributed by atoms with Crippen LogP contribution in [0.15, 0.2) is 0 Å². The molecule has 0 saturated heterocycles. The number of rotatable bonds is 2. The van der Waals surface area contributed by atoms with E-state index in [1.807, 2.05) is 6.92 Å². The Hall–Kier alpha value is -1.01. The van der Waals surface area contributed by atoms with E-state index in [1.54, 1.807) is 14.0 Å². The zero-order chi connectivity index (χ0) is 8.85. The van der Waals surface area contributed by atoms with Gasteiger partial charge < -0.3 is 10.6 Å². The van der Waals surface area contributed by atoms with Gasteiger partial charge in [0.1, 0.15) is 0 Å². The normalized spacial score (nSPS) is 11.3. The standard InChI is InChI=1S/C8H14N2O/c1-4-5-8(11)10(3)6-7(2)9/h7H,6,9H2,1-3H3. The third-order valence-electron chi connectivity index (χ3n) is 1.14. The van der Waals surface area contributed by atoms with E-state index >= 15 is 0 Å². The van der Waals surface area contributed by atoms with Gasteiger partial charge in [0.15, 0.2) is 0 Å². The predicted octanol–water partition coefficient (Wildman–Crippen LogP) is -0.185. The van der Waals surface area contributed by atoms with Crippen molar-refractivity contribution in [1.29, 1.82) is 0 Å². The van der Waals surface area contributed by atoms with Crippen LogP contribution in [0.2, 0.25) is 0 Å². The van der Waals surface area contributed by atoms with Gasteiger partial charge in [-0.05, 0) is 19.8 Å². The van der Waals surface area contributed by atoms with Crippen molar-refractivity contribution in [2.45, 2.75) is 19.9 Å². The van der Waals surface area contributed by atoms with Crippen molar-refractivity contribution < 1.29 is 4.79 Å². The summed E-state index contributed by atoms with van der Waals surface area (Å²) in [4.78, 5) is 12.5. The molecular weight excluding hydrogens is 140 g/mol. The monoisotopic (exact) mass is 154 g/mol. The summed E-state index contributed by atoms with van der Waals surface area (Å²) in [6, 6.07) is 0.00241. The van der Waals surface area contributed by atoms with Crippen molar-refractivity contribution in [2.75, 3.05) is 13.6 Å². The maximum absolute atomic E-state index is 11.0. The Morgan fingerprint density at radius 1 is 1.73 bits per heavy atom. The van der Waals surface area contributed by atoms with Gasteiger partial charge in [-0.25, -0.2) is 0 Å². The number of amides is 1. The maximum Gasteiger partial charge on any atom is 0.298 e. The van der Waals surface area contributed by atoms with E-state index in [-0.39, 0.29) is 11.9 Å². The highest BCUT2D eigenvalue weighted by Crippen LogP contribution is 1.85. The highest BCUT2D eigenvalue weighted by molar-refractivity contribution is 5.93. The number of likely N-dealkylation sites (N-methyl/N-ethyl adjacent to an activating group) is 1. The van der Waals surface area contributed by atoms with Crippen LogP contribution in [0, 0.1) is 11.8 Å². The molecule has 1 amide bonds. The summed E-state index contributed by atoms with van der Waals surface area (Å²) < 4.78 is 0. The minimum atomic E-state index is -0.176. The number of nitrogens with zero attached hydrogens (tertiary/aromatic N) is 1. The molecule has 0 saturated carbocycles. The van der Waals surface area contributed by atoms with Crippen LogP contribution in [-0.4, -0.2) is 30.4 Å². The second kappa shape index (κ2) is 4.75. The fourth-order valence-corrected chi connectivity index (χ4v) is 0.717. The van der Waals surface area contributed by atoms with E-state index in [4.69, 9.17) is 5.73 Å². The summed E-state index contributed by atoms with van der Waals surface area (Å²) in [7, 11) is 1.69. The first-order chi connectivity index (χ1) is 5.07. The van der Waals surface area contributed by atoms with Gasteiger partial charge in [0.25, 0.3) is 5.91 Å². The Kier molecular flexibility index (Phi) is 4.32. The molecule has 0 aliphatic carbocycles. The fraction of sp³-hybridized carbons (Fsp3) is 0.625. The van der Waals surface area contributed by atoms with E-state index in [9.17, 15) is 4.79 Å². The van der Waals surface area contributed by atoms with Gasteiger partial charge in [-0.3, -0.25) is 4.79 Å². The molecule has 0 aromatic heterocycles. The summed E-state index contributed by atoms with van der Waals surface area (Å²) in [5.74, 6) is 4.80. The van der Waals surface area contributed by atoms with Crippen molar-refractivity contribution in [1.82, 2.24) is 4.90 Å². The Balaban J connectivity index is 3.89. The van der Waals surface area contributed by atoms with Crippen LogP contribution in [0.4, 0.5) is 0 Å². The van der Waals surface area contributed by atoms with Crippen LogP contribution in [0.1, 0.15) is 13.8 Å². The van der Waals surface area contributed by atoms with Gasteiger partial charge in [-0.15, -0.1) is 0 Å². The number of nitrogens with two attached hydrogens (primary N) is 1. The van der Waals surface area contributed by atoms with Crippen molar-refractivity contribution >= 4 is 5.91 Å². The van der Waals surface area contributed by atoms with Gasteiger partial charge in [-0.2, -0.15) is 0 Å². The second-order valence-corrected chi connectivity index (χ2v) is 2.54. The highest BCUT2D eigenvalue weighted by Gasteiger charge is 2.05. The Labute approximate surface area is 67.6 Å². The summed E-state index contributed by atoms with van der Waals surface area (Å²) in [5.41, 5.74) is 5.49. The van der Waals surface area contributed by atoms with Gasteiger partial charge in [-0.1, -0.05) is 5.92 Å². The van der Waals surface area contributed by atoms with Crippen LogP contribution < -0.4 is 5.73 Å². The first-order valence-corrected chi connectivity index (χ1v) is 3.51. The number of carbonyl (C=O) groups excluding carboxylic acids is 1. The van der Waals surface area contributed by atoms with Crippen molar-refractivity contribution in [3.8, 4) is 11.8 Å². The van der Waals surface area contributed by atoms with Crippen LogP contribution in [0.3, 0.4) is 0 Å². The molecule has 1 unspecified atom stereocenters. The Morgan fingerprint density at radius 3 is 2.64 bits per heavy atom. The van der Waals surface area contributed by atoms with Gasteiger partial charge >= 0.3 is 0 Å². The Bertz CT molecular complexity index is 188. The Morgan fingerprint density at radius 2 is 2.27 bits per heavy atom. The topological polar surface area (TPSA) is 46.3 Å². The zero-order valence-corrected chi connectivity index (χ0v) is 7.22. The van der Waals surface area contributed by atoms with E-state index in [0.717, 1.165) is 0 Å². The van der Waals surface area contributed by atoms with E-state index in [0.29, 0.717) is 6.54 Å². The highest BCUT2D eigenvalue weighted by atomic mass is 16.2. The summed E-state index contributed by atoms with van der Waals surface area (Å²) in [6.07, 6.45) is 0. The molecule has 0 rings (SSSR count). The lowest BCUT2D eigenvalue weighted by molar-refractivity contribution is -0.124. The van der Waals surface area contributed by atoms with Gasteiger partial charge in [0.2, 0.25) is 0 Å². The molecule has 11 heavy (non-hydrogen) atoms. The molecule has 3 nitrogen and oxygen atoms in total. The lowest BCUT2D eigenvalue weighted by atomic mass is 10.3. The smallest absolute Gasteiger partial charge is 0.298 e. The predicted molar refractivity (Wildman–Crippen MR) is 44.7 cm³/mol. The number of hydrogen-bond acceptors (Lipinski definition) is 2. The molecule has 0 bridgehead atoms. The van der Waals surface area contributed by atoms with E-state index < -0.39 is 0 Å².